The quantitative estimate of drug-likeness (QED) is 0.532. The molecule has 0 fully saturated rings. The van der Waals surface area contributed by atoms with Crippen LogP contribution in [0.2, 0.25) is 0 Å². The van der Waals surface area contributed by atoms with Crippen molar-refractivity contribution in [3.63, 3.8) is 0 Å². The molecule has 1 amide bonds. The summed E-state index contributed by atoms with van der Waals surface area (Å²) in [4.78, 5) is 24.6. The number of oxazole rings is 1. The lowest BCUT2D eigenvalue weighted by Gasteiger charge is -2.05. The molecule has 0 spiro atoms. The minimum absolute atomic E-state index is 0.106. The zero-order valence-electron chi connectivity index (χ0n) is 14.8. The van der Waals surface area contributed by atoms with Gasteiger partial charge in [-0.05, 0) is 30.3 Å². The maximum Gasteiger partial charge on any atom is 0.273 e. The third kappa shape index (κ3) is 3.90. The summed E-state index contributed by atoms with van der Waals surface area (Å²) in [5.74, 6) is 0.978. The molecule has 8 heteroatoms. The monoisotopic (exact) mass is 375 g/mol. The van der Waals surface area contributed by atoms with Gasteiger partial charge in [0.15, 0.2) is 12.3 Å². The van der Waals surface area contributed by atoms with Crippen molar-refractivity contribution in [1.29, 1.82) is 0 Å². The number of pyridine rings is 2. The fourth-order valence-corrected chi connectivity index (χ4v) is 2.64. The maximum atomic E-state index is 12.2. The van der Waals surface area contributed by atoms with Gasteiger partial charge in [0.1, 0.15) is 17.8 Å². The molecule has 0 saturated carbocycles. The smallest absolute Gasteiger partial charge is 0.273 e. The van der Waals surface area contributed by atoms with E-state index in [9.17, 15) is 4.79 Å². The Hall–Kier alpha value is -3.94. The van der Waals surface area contributed by atoms with Gasteiger partial charge in [0, 0.05) is 29.9 Å². The van der Waals surface area contributed by atoms with Gasteiger partial charge in [0.25, 0.3) is 5.91 Å². The first kappa shape index (κ1) is 17.5. The average Bonchev–Trinajstić information content (AvgIpc) is 3.20. The van der Waals surface area contributed by atoms with E-state index in [2.05, 4.69) is 20.3 Å². The zero-order valence-corrected chi connectivity index (χ0v) is 14.8. The lowest BCUT2D eigenvalue weighted by molar-refractivity contribution is 0.0946. The van der Waals surface area contributed by atoms with E-state index < -0.39 is 0 Å². The number of rotatable bonds is 6. The van der Waals surface area contributed by atoms with Crippen LogP contribution >= 0.6 is 0 Å². The van der Waals surface area contributed by atoms with Crippen LogP contribution in [0.15, 0.2) is 65.5 Å². The average molecular weight is 375 g/mol. The first-order valence-electron chi connectivity index (χ1n) is 8.58. The number of nitrogen functional groups attached to an aromatic ring is 1. The summed E-state index contributed by atoms with van der Waals surface area (Å²) in [6.45, 7) is 0.358. The second kappa shape index (κ2) is 7.75. The number of ether oxygens (including phenoxy) is 1. The highest BCUT2D eigenvalue weighted by Gasteiger charge is 2.13. The van der Waals surface area contributed by atoms with Gasteiger partial charge in [-0.25, -0.2) is 9.97 Å². The van der Waals surface area contributed by atoms with Gasteiger partial charge < -0.3 is 20.2 Å². The van der Waals surface area contributed by atoms with Crippen LogP contribution in [0.3, 0.4) is 0 Å². The number of carbonyl (C=O) groups is 1. The molecule has 3 heterocycles. The van der Waals surface area contributed by atoms with E-state index in [4.69, 9.17) is 14.9 Å². The van der Waals surface area contributed by atoms with Gasteiger partial charge in [-0.15, -0.1) is 0 Å². The summed E-state index contributed by atoms with van der Waals surface area (Å²) in [7, 11) is 0. The van der Waals surface area contributed by atoms with Crippen LogP contribution in [0.25, 0.3) is 10.9 Å². The first-order valence-corrected chi connectivity index (χ1v) is 8.58. The molecule has 28 heavy (non-hydrogen) atoms. The predicted molar refractivity (Wildman–Crippen MR) is 102 cm³/mol. The number of nitrogens with zero attached hydrogens (tertiary/aromatic N) is 3. The van der Waals surface area contributed by atoms with Crippen molar-refractivity contribution in [3.05, 3.63) is 78.3 Å². The maximum absolute atomic E-state index is 12.2. The van der Waals surface area contributed by atoms with Gasteiger partial charge in [0.2, 0.25) is 5.89 Å². The molecule has 0 aliphatic carbocycles. The second-order valence-electron chi connectivity index (χ2n) is 6.00. The van der Waals surface area contributed by atoms with Crippen LogP contribution in [0.5, 0.6) is 5.75 Å². The van der Waals surface area contributed by atoms with E-state index in [1.807, 2.05) is 30.3 Å². The number of amides is 1. The standard InChI is InChI=1S/C20H17N5O3/c21-19-14(4-2-8-23-19)10-24-20(26)17-11-28-18(25-17)12-27-15-5-6-16-13(9-15)3-1-7-22-16/h1-9,11H,10,12H2,(H2,21,23)(H,24,26). The van der Waals surface area contributed by atoms with Crippen LogP contribution in [0.1, 0.15) is 21.9 Å². The minimum Gasteiger partial charge on any atom is -0.484 e. The van der Waals surface area contributed by atoms with Crippen LogP contribution in [-0.2, 0) is 13.2 Å². The summed E-state index contributed by atoms with van der Waals surface area (Å²) in [6.07, 6.45) is 4.63. The molecule has 0 aliphatic rings. The lowest BCUT2D eigenvalue weighted by Crippen LogP contribution is -2.23. The van der Waals surface area contributed by atoms with Crippen molar-refractivity contribution in [3.8, 4) is 5.75 Å². The number of carbonyl (C=O) groups excluding carboxylic acids is 1. The molecule has 0 atom stereocenters. The highest BCUT2D eigenvalue weighted by molar-refractivity contribution is 5.91. The summed E-state index contributed by atoms with van der Waals surface area (Å²) >= 11 is 0. The molecule has 8 nitrogen and oxygen atoms in total. The van der Waals surface area contributed by atoms with Gasteiger partial charge in [0.05, 0.1) is 5.52 Å². The number of hydrogen-bond acceptors (Lipinski definition) is 7. The normalized spacial score (nSPS) is 10.7. The number of anilines is 1. The Kier molecular flexibility index (Phi) is 4.83. The second-order valence-corrected chi connectivity index (χ2v) is 6.00. The van der Waals surface area contributed by atoms with Crippen LogP contribution in [0.4, 0.5) is 5.82 Å². The van der Waals surface area contributed by atoms with Crippen molar-refractivity contribution in [2.75, 3.05) is 5.73 Å². The largest absolute Gasteiger partial charge is 0.484 e. The van der Waals surface area contributed by atoms with Gasteiger partial charge in [-0.2, -0.15) is 0 Å². The zero-order chi connectivity index (χ0) is 19.3. The predicted octanol–water partition coefficient (Wildman–Crippen LogP) is 2.71. The molecule has 3 aromatic heterocycles. The fourth-order valence-electron chi connectivity index (χ4n) is 2.64. The molecule has 0 bridgehead atoms. The molecule has 140 valence electrons. The van der Waals surface area contributed by atoms with Crippen molar-refractivity contribution < 1.29 is 13.9 Å². The van der Waals surface area contributed by atoms with E-state index in [1.54, 1.807) is 24.5 Å². The number of benzene rings is 1. The molecule has 0 unspecified atom stereocenters. The van der Waals surface area contributed by atoms with Crippen LogP contribution < -0.4 is 15.8 Å². The molecule has 3 N–H and O–H groups in total. The summed E-state index contributed by atoms with van der Waals surface area (Å²) in [5, 5.41) is 3.71. The van der Waals surface area contributed by atoms with Gasteiger partial charge in [-0.1, -0.05) is 12.1 Å². The molecule has 4 rings (SSSR count). The molecule has 0 saturated heterocycles. The third-order valence-corrected chi connectivity index (χ3v) is 4.09. The molecular formula is C20H17N5O3. The van der Waals surface area contributed by atoms with Crippen LogP contribution in [-0.4, -0.2) is 20.9 Å². The number of nitrogens with one attached hydrogen (secondary N) is 1. The topological polar surface area (TPSA) is 116 Å². The fraction of sp³-hybridized carbons (Fsp3) is 0.100. The molecule has 4 aromatic rings. The Labute approximate surface area is 160 Å². The van der Waals surface area contributed by atoms with Crippen molar-refractivity contribution >= 4 is 22.6 Å². The Balaban J connectivity index is 1.35. The summed E-state index contributed by atoms with van der Waals surface area (Å²) in [6, 6.07) is 13.0. The first-order chi connectivity index (χ1) is 13.7. The Morgan fingerprint density at radius 3 is 2.89 bits per heavy atom. The number of aromatic nitrogens is 3. The van der Waals surface area contributed by atoms with E-state index >= 15 is 0 Å². The number of nitrogens with two attached hydrogens (primary N) is 1. The summed E-state index contributed by atoms with van der Waals surface area (Å²) in [5.41, 5.74) is 7.55. The Morgan fingerprint density at radius 2 is 2.00 bits per heavy atom. The highest BCUT2D eigenvalue weighted by atomic mass is 16.5. The van der Waals surface area contributed by atoms with Crippen molar-refractivity contribution in [1.82, 2.24) is 20.3 Å². The Bertz CT molecular complexity index is 1130. The van der Waals surface area contributed by atoms with Crippen molar-refractivity contribution in [2.24, 2.45) is 0 Å². The molecule has 1 aromatic carbocycles. The van der Waals surface area contributed by atoms with E-state index in [1.165, 1.54) is 6.26 Å². The summed E-state index contributed by atoms with van der Waals surface area (Å²) < 4.78 is 11.0. The SMILES string of the molecule is Nc1ncccc1CNC(=O)c1coc(COc2ccc3ncccc3c2)n1. The highest BCUT2D eigenvalue weighted by Crippen LogP contribution is 2.20. The molecule has 0 radical (unpaired) electrons. The van der Waals surface area contributed by atoms with Crippen LogP contribution in [0, 0.1) is 0 Å². The third-order valence-electron chi connectivity index (χ3n) is 4.09. The molecular weight excluding hydrogens is 358 g/mol. The lowest BCUT2D eigenvalue weighted by atomic mass is 10.2. The molecule has 0 aliphatic heterocycles. The number of fused-ring (bicyclic) bond motifs is 1. The van der Waals surface area contributed by atoms with E-state index in [0.717, 1.165) is 16.5 Å². The number of hydrogen-bond donors (Lipinski definition) is 2. The van der Waals surface area contributed by atoms with Gasteiger partial charge >= 0.3 is 0 Å². The van der Waals surface area contributed by atoms with E-state index in [0.29, 0.717) is 17.5 Å². The van der Waals surface area contributed by atoms with Gasteiger partial charge in [-0.3, -0.25) is 9.78 Å². The van der Waals surface area contributed by atoms with Crippen molar-refractivity contribution in [2.45, 2.75) is 13.2 Å². The van der Waals surface area contributed by atoms with E-state index in [-0.39, 0.29) is 24.8 Å². The minimum atomic E-state index is -0.366. The Morgan fingerprint density at radius 1 is 1.14 bits per heavy atom.